The topological polar surface area (TPSA) is 55.4 Å². The number of carbonyl (C=O) groups is 2. The maximum absolute atomic E-state index is 12.0. The molecule has 0 aliphatic carbocycles. The molecule has 0 saturated carbocycles. The van der Waals surface area contributed by atoms with E-state index in [1.807, 2.05) is 31.2 Å². The van der Waals surface area contributed by atoms with Gasteiger partial charge in [-0.1, -0.05) is 35.9 Å². The zero-order valence-electron chi connectivity index (χ0n) is 13.4. The van der Waals surface area contributed by atoms with Crippen molar-refractivity contribution in [3.63, 3.8) is 0 Å². The number of ether oxygens (including phenoxy) is 1. The number of benzene rings is 2. The molecule has 0 bridgehead atoms. The van der Waals surface area contributed by atoms with Crippen LogP contribution in [0.5, 0.6) is 0 Å². The van der Waals surface area contributed by atoms with E-state index in [0.29, 0.717) is 16.8 Å². The number of anilines is 1. The van der Waals surface area contributed by atoms with Crippen molar-refractivity contribution < 1.29 is 14.3 Å². The molecule has 0 unspecified atom stereocenters. The van der Waals surface area contributed by atoms with Gasteiger partial charge in [0.25, 0.3) is 0 Å². The molecular formula is C19H19NO3. The zero-order valence-corrected chi connectivity index (χ0v) is 13.4. The van der Waals surface area contributed by atoms with Crippen LogP contribution in [0.2, 0.25) is 0 Å². The average Bonchev–Trinajstić information content (AvgIpc) is 2.55. The summed E-state index contributed by atoms with van der Waals surface area (Å²) in [7, 11) is 1.33. The van der Waals surface area contributed by atoms with Crippen molar-refractivity contribution in [1.29, 1.82) is 0 Å². The van der Waals surface area contributed by atoms with Crippen molar-refractivity contribution in [2.45, 2.75) is 13.8 Å². The SMILES string of the molecule is COC(=O)c1cccc(NC(=O)/C=C/c2ccc(C)cc2)c1C. The first kappa shape index (κ1) is 16.5. The third-order valence-electron chi connectivity index (χ3n) is 3.50. The number of hydrogen-bond donors (Lipinski definition) is 1. The van der Waals surface area contributed by atoms with Crippen LogP contribution in [0.15, 0.2) is 48.5 Å². The lowest BCUT2D eigenvalue weighted by atomic mass is 10.1. The van der Waals surface area contributed by atoms with Gasteiger partial charge in [0.2, 0.25) is 5.91 Å². The van der Waals surface area contributed by atoms with Crippen molar-refractivity contribution >= 4 is 23.6 Å². The molecule has 1 N–H and O–H groups in total. The summed E-state index contributed by atoms with van der Waals surface area (Å²) in [6, 6.07) is 13.0. The molecule has 118 valence electrons. The molecule has 0 aromatic heterocycles. The minimum Gasteiger partial charge on any atom is -0.465 e. The lowest BCUT2D eigenvalue weighted by Gasteiger charge is -2.10. The Kier molecular flexibility index (Phi) is 5.31. The van der Waals surface area contributed by atoms with E-state index in [-0.39, 0.29) is 5.91 Å². The highest BCUT2D eigenvalue weighted by molar-refractivity contribution is 6.03. The quantitative estimate of drug-likeness (QED) is 0.691. The van der Waals surface area contributed by atoms with E-state index >= 15 is 0 Å². The van der Waals surface area contributed by atoms with Crippen LogP contribution in [-0.2, 0) is 9.53 Å². The Morgan fingerprint density at radius 2 is 1.74 bits per heavy atom. The van der Waals surface area contributed by atoms with Crippen LogP contribution in [0.4, 0.5) is 5.69 Å². The van der Waals surface area contributed by atoms with Gasteiger partial charge in [0.05, 0.1) is 12.7 Å². The Balaban J connectivity index is 2.11. The lowest BCUT2D eigenvalue weighted by Crippen LogP contribution is -2.11. The number of nitrogens with one attached hydrogen (secondary N) is 1. The molecule has 2 aromatic carbocycles. The van der Waals surface area contributed by atoms with Gasteiger partial charge in [-0.2, -0.15) is 0 Å². The van der Waals surface area contributed by atoms with Gasteiger partial charge in [0.1, 0.15) is 0 Å². The van der Waals surface area contributed by atoms with Gasteiger partial charge in [-0.25, -0.2) is 4.79 Å². The maximum Gasteiger partial charge on any atom is 0.338 e. The highest BCUT2D eigenvalue weighted by atomic mass is 16.5. The Morgan fingerprint density at radius 3 is 2.39 bits per heavy atom. The van der Waals surface area contributed by atoms with E-state index in [4.69, 9.17) is 4.74 Å². The van der Waals surface area contributed by atoms with Crippen LogP contribution >= 0.6 is 0 Å². The van der Waals surface area contributed by atoms with Crippen LogP contribution < -0.4 is 5.32 Å². The summed E-state index contributed by atoms with van der Waals surface area (Å²) in [5.74, 6) is -0.676. The number of carbonyl (C=O) groups excluding carboxylic acids is 2. The van der Waals surface area contributed by atoms with Crippen LogP contribution in [0.25, 0.3) is 6.08 Å². The minimum atomic E-state index is -0.422. The highest BCUT2D eigenvalue weighted by Crippen LogP contribution is 2.19. The monoisotopic (exact) mass is 309 g/mol. The number of amides is 1. The van der Waals surface area contributed by atoms with Crippen molar-refractivity contribution in [1.82, 2.24) is 0 Å². The van der Waals surface area contributed by atoms with E-state index in [0.717, 1.165) is 5.56 Å². The molecule has 23 heavy (non-hydrogen) atoms. The van der Waals surface area contributed by atoms with Crippen LogP contribution in [-0.4, -0.2) is 19.0 Å². The second kappa shape index (κ2) is 7.40. The minimum absolute atomic E-state index is 0.254. The van der Waals surface area contributed by atoms with Crippen LogP contribution in [0.3, 0.4) is 0 Å². The van der Waals surface area contributed by atoms with E-state index < -0.39 is 5.97 Å². The second-order valence-corrected chi connectivity index (χ2v) is 5.20. The normalized spacial score (nSPS) is 10.6. The fraction of sp³-hybridized carbons (Fsp3) is 0.158. The largest absolute Gasteiger partial charge is 0.465 e. The first-order chi connectivity index (χ1) is 11.0. The molecule has 2 aromatic rings. The van der Waals surface area contributed by atoms with E-state index in [1.54, 1.807) is 31.2 Å². The molecule has 0 fully saturated rings. The van der Waals surface area contributed by atoms with Crippen molar-refractivity contribution in [3.8, 4) is 0 Å². The number of esters is 1. The van der Waals surface area contributed by atoms with E-state index in [9.17, 15) is 9.59 Å². The third kappa shape index (κ3) is 4.30. The maximum atomic E-state index is 12.0. The zero-order chi connectivity index (χ0) is 16.8. The molecule has 1 amide bonds. The predicted octanol–water partition coefficient (Wildman–Crippen LogP) is 3.74. The molecule has 0 aliphatic rings. The molecule has 0 radical (unpaired) electrons. The molecule has 0 heterocycles. The van der Waals surface area contributed by atoms with Gasteiger partial charge in [-0.05, 0) is 43.2 Å². The Hall–Kier alpha value is -2.88. The van der Waals surface area contributed by atoms with Gasteiger partial charge < -0.3 is 10.1 Å². The number of aryl methyl sites for hydroxylation is 1. The fourth-order valence-electron chi connectivity index (χ4n) is 2.13. The summed E-state index contributed by atoms with van der Waals surface area (Å²) >= 11 is 0. The summed E-state index contributed by atoms with van der Waals surface area (Å²) in [5, 5.41) is 2.78. The van der Waals surface area contributed by atoms with Gasteiger partial charge >= 0.3 is 5.97 Å². The van der Waals surface area contributed by atoms with Crippen LogP contribution in [0.1, 0.15) is 27.0 Å². The first-order valence-corrected chi connectivity index (χ1v) is 7.25. The van der Waals surface area contributed by atoms with Crippen LogP contribution in [0, 0.1) is 13.8 Å². The molecular weight excluding hydrogens is 290 g/mol. The molecule has 0 spiro atoms. The summed E-state index contributed by atoms with van der Waals surface area (Å²) in [6.07, 6.45) is 3.21. The van der Waals surface area contributed by atoms with E-state index in [1.165, 1.54) is 18.7 Å². The summed E-state index contributed by atoms with van der Waals surface area (Å²) in [4.78, 5) is 23.7. The Bertz CT molecular complexity index is 746. The molecule has 2 rings (SSSR count). The first-order valence-electron chi connectivity index (χ1n) is 7.25. The third-order valence-corrected chi connectivity index (χ3v) is 3.50. The lowest BCUT2D eigenvalue weighted by molar-refractivity contribution is -0.111. The van der Waals surface area contributed by atoms with Gasteiger partial charge in [0.15, 0.2) is 0 Å². The highest BCUT2D eigenvalue weighted by Gasteiger charge is 2.12. The van der Waals surface area contributed by atoms with Crippen molar-refractivity contribution in [2.75, 3.05) is 12.4 Å². The van der Waals surface area contributed by atoms with Crippen molar-refractivity contribution in [3.05, 3.63) is 70.8 Å². The summed E-state index contributed by atoms with van der Waals surface area (Å²) in [6.45, 7) is 3.78. The number of rotatable bonds is 4. The van der Waals surface area contributed by atoms with Gasteiger partial charge in [0, 0.05) is 11.8 Å². The summed E-state index contributed by atoms with van der Waals surface area (Å²) in [5.41, 5.74) is 3.82. The molecule has 4 nitrogen and oxygen atoms in total. The molecule has 0 saturated heterocycles. The Morgan fingerprint density at radius 1 is 1.04 bits per heavy atom. The number of methoxy groups -OCH3 is 1. The summed E-state index contributed by atoms with van der Waals surface area (Å²) < 4.78 is 4.73. The predicted molar refractivity (Wildman–Crippen MR) is 91.4 cm³/mol. The van der Waals surface area contributed by atoms with E-state index in [2.05, 4.69) is 5.32 Å². The molecule has 4 heteroatoms. The second-order valence-electron chi connectivity index (χ2n) is 5.20. The standard InChI is InChI=1S/C19H19NO3/c1-13-7-9-15(10-8-13)11-12-18(21)20-17-6-4-5-16(14(17)2)19(22)23-3/h4-12H,1-3H3,(H,20,21)/b12-11+. The molecule has 0 aliphatic heterocycles. The van der Waals surface area contributed by atoms with Gasteiger partial charge in [-0.15, -0.1) is 0 Å². The number of hydrogen-bond acceptors (Lipinski definition) is 3. The van der Waals surface area contributed by atoms with Gasteiger partial charge in [-0.3, -0.25) is 4.79 Å². The average molecular weight is 309 g/mol. The molecule has 0 atom stereocenters. The van der Waals surface area contributed by atoms with Crippen molar-refractivity contribution in [2.24, 2.45) is 0 Å². The smallest absolute Gasteiger partial charge is 0.338 e. The fourth-order valence-corrected chi connectivity index (χ4v) is 2.13. The Labute approximate surface area is 135 Å².